The van der Waals surface area contributed by atoms with E-state index in [1.54, 1.807) is 18.2 Å². The van der Waals surface area contributed by atoms with Gasteiger partial charge in [0, 0.05) is 14.9 Å². The molecular weight excluding hydrogens is 347 g/mol. The van der Waals surface area contributed by atoms with E-state index in [0.717, 1.165) is 15.8 Å². The van der Waals surface area contributed by atoms with Gasteiger partial charge in [0.2, 0.25) is 0 Å². The highest BCUT2D eigenvalue weighted by atomic mass is 79.9. The zero-order valence-corrected chi connectivity index (χ0v) is 13.1. The molecule has 0 radical (unpaired) electrons. The predicted molar refractivity (Wildman–Crippen MR) is 79.1 cm³/mol. The summed E-state index contributed by atoms with van der Waals surface area (Å²) in [6.07, 6.45) is 0.736. The third-order valence-electron chi connectivity index (χ3n) is 2.68. The highest BCUT2D eigenvalue weighted by Gasteiger charge is 2.16. The van der Waals surface area contributed by atoms with E-state index in [0.29, 0.717) is 11.3 Å². The molecule has 0 fully saturated rings. The third kappa shape index (κ3) is 3.37. The highest BCUT2D eigenvalue weighted by molar-refractivity contribution is 9.10. The van der Waals surface area contributed by atoms with Crippen LogP contribution in [-0.2, 0) is 13.0 Å². The number of hydrogen-bond acceptors (Lipinski definition) is 3. The number of thiophene rings is 1. The molecule has 1 aromatic heterocycles. The van der Waals surface area contributed by atoms with Crippen molar-refractivity contribution in [2.75, 3.05) is 0 Å². The Kier molecular flexibility index (Phi) is 4.77. The Hall–Kier alpha value is -1.40. The molecular formula is C14H12BrFO3S. The number of carboxylic acids is 1. The van der Waals surface area contributed by atoms with Crippen LogP contribution in [0.5, 0.6) is 5.75 Å². The Morgan fingerprint density at radius 2 is 2.20 bits per heavy atom. The molecule has 0 aliphatic heterocycles. The van der Waals surface area contributed by atoms with E-state index >= 15 is 0 Å². The molecule has 0 amide bonds. The van der Waals surface area contributed by atoms with E-state index in [9.17, 15) is 9.18 Å². The molecule has 0 aliphatic rings. The van der Waals surface area contributed by atoms with Gasteiger partial charge in [0.1, 0.15) is 18.2 Å². The summed E-state index contributed by atoms with van der Waals surface area (Å²) in [7, 11) is 0. The molecule has 1 heterocycles. The number of rotatable bonds is 5. The standard InChI is InChI=1S/C14H12BrFO3S/c1-2-10-6-12(13(20-10)14(17)18)19-7-8-5-9(15)3-4-11(8)16/h3-6H,2,7H2,1H3,(H,17,18). The van der Waals surface area contributed by atoms with Gasteiger partial charge in [-0.25, -0.2) is 9.18 Å². The lowest BCUT2D eigenvalue weighted by molar-refractivity contribution is 0.0697. The summed E-state index contributed by atoms with van der Waals surface area (Å²) in [6.45, 7) is 1.93. The lowest BCUT2D eigenvalue weighted by Gasteiger charge is -2.07. The summed E-state index contributed by atoms with van der Waals surface area (Å²) in [5.74, 6) is -1.12. The molecule has 20 heavy (non-hydrogen) atoms. The number of carbonyl (C=O) groups is 1. The maximum Gasteiger partial charge on any atom is 0.349 e. The zero-order chi connectivity index (χ0) is 14.7. The first kappa shape index (κ1) is 15.0. The van der Waals surface area contributed by atoms with Crippen LogP contribution in [0.4, 0.5) is 4.39 Å². The van der Waals surface area contributed by atoms with Crippen molar-refractivity contribution >= 4 is 33.2 Å². The van der Waals surface area contributed by atoms with Crippen molar-refractivity contribution in [3.63, 3.8) is 0 Å². The lowest BCUT2D eigenvalue weighted by Crippen LogP contribution is -2.01. The van der Waals surface area contributed by atoms with Crippen LogP contribution >= 0.6 is 27.3 Å². The van der Waals surface area contributed by atoms with E-state index in [1.165, 1.54) is 17.4 Å². The number of aryl methyl sites for hydroxylation is 1. The van der Waals surface area contributed by atoms with Crippen molar-refractivity contribution in [3.8, 4) is 5.75 Å². The second kappa shape index (κ2) is 6.37. The van der Waals surface area contributed by atoms with Gasteiger partial charge in [-0.15, -0.1) is 11.3 Å². The molecule has 2 rings (SSSR count). The van der Waals surface area contributed by atoms with Gasteiger partial charge >= 0.3 is 5.97 Å². The van der Waals surface area contributed by atoms with E-state index in [2.05, 4.69) is 15.9 Å². The Morgan fingerprint density at radius 1 is 1.45 bits per heavy atom. The fraction of sp³-hybridized carbons (Fsp3) is 0.214. The number of benzene rings is 1. The van der Waals surface area contributed by atoms with Gasteiger partial charge in [0.15, 0.2) is 4.88 Å². The van der Waals surface area contributed by atoms with Crippen LogP contribution in [0.2, 0.25) is 0 Å². The Bertz CT molecular complexity index is 639. The molecule has 0 spiro atoms. The van der Waals surface area contributed by atoms with Gasteiger partial charge in [-0.3, -0.25) is 0 Å². The van der Waals surface area contributed by atoms with E-state index in [-0.39, 0.29) is 17.3 Å². The smallest absolute Gasteiger partial charge is 0.349 e. The van der Waals surface area contributed by atoms with Crippen molar-refractivity contribution < 1.29 is 19.0 Å². The normalized spacial score (nSPS) is 10.6. The average Bonchev–Trinajstić information content (AvgIpc) is 2.83. The molecule has 6 heteroatoms. The van der Waals surface area contributed by atoms with Gasteiger partial charge in [-0.2, -0.15) is 0 Å². The van der Waals surface area contributed by atoms with Gasteiger partial charge in [0.25, 0.3) is 0 Å². The van der Waals surface area contributed by atoms with Crippen molar-refractivity contribution in [1.29, 1.82) is 0 Å². The SMILES string of the molecule is CCc1cc(OCc2cc(Br)ccc2F)c(C(=O)O)s1. The maximum absolute atomic E-state index is 13.6. The second-order valence-electron chi connectivity index (χ2n) is 4.09. The summed E-state index contributed by atoms with van der Waals surface area (Å²) in [5, 5.41) is 9.12. The van der Waals surface area contributed by atoms with E-state index < -0.39 is 5.97 Å². The molecule has 106 valence electrons. The second-order valence-corrected chi connectivity index (χ2v) is 6.14. The quantitative estimate of drug-likeness (QED) is 0.856. The van der Waals surface area contributed by atoms with Gasteiger partial charge in [-0.05, 0) is 30.7 Å². The van der Waals surface area contributed by atoms with Crippen LogP contribution in [0.1, 0.15) is 27.0 Å². The van der Waals surface area contributed by atoms with Crippen LogP contribution in [0.3, 0.4) is 0 Å². The molecule has 2 aromatic rings. The van der Waals surface area contributed by atoms with Crippen LogP contribution in [-0.4, -0.2) is 11.1 Å². The summed E-state index contributed by atoms with van der Waals surface area (Å²) in [4.78, 5) is 12.2. The van der Waals surface area contributed by atoms with Crippen LogP contribution in [0.15, 0.2) is 28.7 Å². The summed E-state index contributed by atoms with van der Waals surface area (Å²) < 4.78 is 19.8. The molecule has 0 saturated heterocycles. The van der Waals surface area contributed by atoms with Crippen molar-refractivity contribution in [3.05, 3.63) is 49.9 Å². The van der Waals surface area contributed by atoms with Crippen LogP contribution in [0, 0.1) is 5.82 Å². The van der Waals surface area contributed by atoms with Gasteiger partial charge < -0.3 is 9.84 Å². The zero-order valence-electron chi connectivity index (χ0n) is 10.7. The van der Waals surface area contributed by atoms with Crippen molar-refractivity contribution in [2.45, 2.75) is 20.0 Å². The number of hydrogen-bond donors (Lipinski definition) is 1. The minimum absolute atomic E-state index is 0.00849. The minimum Gasteiger partial charge on any atom is -0.487 e. The number of halogens is 2. The lowest BCUT2D eigenvalue weighted by atomic mass is 10.2. The Labute approximate surface area is 128 Å². The monoisotopic (exact) mass is 358 g/mol. The number of aromatic carboxylic acids is 1. The molecule has 1 N–H and O–H groups in total. The summed E-state index contributed by atoms with van der Waals surface area (Å²) in [6, 6.07) is 6.25. The first-order valence-corrected chi connectivity index (χ1v) is 7.55. The largest absolute Gasteiger partial charge is 0.487 e. The predicted octanol–water partition coefficient (Wildman–Crippen LogP) is 4.49. The minimum atomic E-state index is -1.03. The first-order chi connectivity index (χ1) is 9.51. The molecule has 0 aliphatic carbocycles. The third-order valence-corrected chi connectivity index (χ3v) is 4.42. The Morgan fingerprint density at radius 3 is 2.85 bits per heavy atom. The number of ether oxygens (including phenoxy) is 1. The van der Waals surface area contributed by atoms with Gasteiger partial charge in [0.05, 0.1) is 0 Å². The van der Waals surface area contributed by atoms with Crippen LogP contribution < -0.4 is 4.74 Å². The molecule has 0 unspecified atom stereocenters. The first-order valence-electron chi connectivity index (χ1n) is 5.94. The fourth-order valence-corrected chi connectivity index (χ4v) is 2.95. The number of carboxylic acid groups (broad SMARTS) is 1. The van der Waals surface area contributed by atoms with Crippen molar-refractivity contribution in [2.24, 2.45) is 0 Å². The summed E-state index contributed by atoms with van der Waals surface area (Å²) in [5.41, 5.74) is 0.375. The fourth-order valence-electron chi connectivity index (χ4n) is 1.66. The average molecular weight is 359 g/mol. The molecule has 3 nitrogen and oxygen atoms in total. The summed E-state index contributed by atoms with van der Waals surface area (Å²) >= 11 is 4.44. The molecule has 1 aromatic carbocycles. The Balaban J connectivity index is 2.20. The molecule has 0 saturated carbocycles. The van der Waals surface area contributed by atoms with Crippen LogP contribution in [0.25, 0.3) is 0 Å². The maximum atomic E-state index is 13.6. The highest BCUT2D eigenvalue weighted by Crippen LogP contribution is 2.30. The topological polar surface area (TPSA) is 46.5 Å². The van der Waals surface area contributed by atoms with E-state index in [1.807, 2.05) is 6.92 Å². The van der Waals surface area contributed by atoms with Crippen molar-refractivity contribution in [1.82, 2.24) is 0 Å². The van der Waals surface area contributed by atoms with E-state index in [4.69, 9.17) is 9.84 Å². The van der Waals surface area contributed by atoms with Gasteiger partial charge in [-0.1, -0.05) is 22.9 Å². The molecule has 0 bridgehead atoms. The molecule has 0 atom stereocenters.